The second-order valence-corrected chi connectivity index (χ2v) is 5.70. The highest BCUT2D eigenvalue weighted by Gasteiger charge is 2.15. The van der Waals surface area contributed by atoms with Crippen LogP contribution >= 0.6 is 39.1 Å². The maximum atomic E-state index is 13.8. The molecule has 0 atom stereocenters. The number of benzene rings is 2. The molecule has 0 unspecified atom stereocenters. The molecule has 1 amide bonds. The van der Waals surface area contributed by atoms with E-state index in [1.54, 1.807) is 0 Å². The van der Waals surface area contributed by atoms with Gasteiger partial charge in [0, 0.05) is 22.3 Å². The van der Waals surface area contributed by atoms with E-state index in [0.29, 0.717) is 9.50 Å². The second-order valence-electron chi connectivity index (χ2n) is 4.03. The lowest BCUT2D eigenvalue weighted by molar-refractivity contribution is 0.100. The molecule has 0 aliphatic carbocycles. The first-order chi connectivity index (χ1) is 9.79. The molecule has 0 radical (unpaired) electrons. The first-order valence-corrected chi connectivity index (χ1v) is 7.05. The zero-order chi connectivity index (χ0) is 15.7. The van der Waals surface area contributed by atoms with Gasteiger partial charge in [-0.25, -0.2) is 4.39 Å². The molecule has 2 rings (SSSR count). The van der Waals surface area contributed by atoms with Gasteiger partial charge in [-0.15, -0.1) is 0 Å². The third-order valence-corrected chi connectivity index (χ3v) is 4.06. The summed E-state index contributed by atoms with van der Waals surface area (Å²) in [5, 5.41) is 0.545. The van der Waals surface area contributed by atoms with Gasteiger partial charge >= 0.3 is 0 Å². The Kier molecular flexibility index (Phi) is 4.61. The number of primary amides is 1. The summed E-state index contributed by atoms with van der Waals surface area (Å²) in [5.74, 6) is -1.66. The Morgan fingerprint density at radius 1 is 1.14 bits per heavy atom. The number of nitrogen functional groups attached to an aromatic ring is 1. The van der Waals surface area contributed by atoms with Gasteiger partial charge in [0.05, 0.1) is 15.6 Å². The van der Waals surface area contributed by atoms with Gasteiger partial charge in [0.2, 0.25) is 0 Å². The number of amides is 1. The van der Waals surface area contributed by atoms with Crippen molar-refractivity contribution in [3.8, 4) is 11.5 Å². The van der Waals surface area contributed by atoms with Gasteiger partial charge < -0.3 is 16.2 Å². The Labute approximate surface area is 137 Å². The quantitative estimate of drug-likeness (QED) is 0.600. The van der Waals surface area contributed by atoms with Crippen LogP contribution in [-0.2, 0) is 0 Å². The third-order valence-electron chi connectivity index (χ3n) is 2.56. The molecule has 0 fully saturated rings. The van der Waals surface area contributed by atoms with E-state index in [2.05, 4.69) is 15.9 Å². The average molecular weight is 394 g/mol. The third kappa shape index (κ3) is 3.40. The molecule has 0 aliphatic heterocycles. The zero-order valence-corrected chi connectivity index (χ0v) is 13.4. The van der Waals surface area contributed by atoms with Crippen LogP contribution < -0.4 is 16.2 Å². The lowest BCUT2D eigenvalue weighted by atomic mass is 10.1. The van der Waals surface area contributed by atoms with Gasteiger partial charge in [0.25, 0.3) is 5.91 Å². The molecule has 0 saturated carbocycles. The van der Waals surface area contributed by atoms with Crippen molar-refractivity contribution in [2.24, 2.45) is 5.73 Å². The average Bonchev–Trinajstić information content (AvgIpc) is 2.38. The van der Waals surface area contributed by atoms with Gasteiger partial charge in [-0.05, 0) is 28.1 Å². The predicted molar refractivity (Wildman–Crippen MR) is 83.6 cm³/mol. The van der Waals surface area contributed by atoms with Gasteiger partial charge in [-0.3, -0.25) is 4.79 Å². The SMILES string of the molecule is NC(=O)c1cc(Oc2cc(Cl)c(Br)cc2Cl)c(F)cc1N. The second kappa shape index (κ2) is 6.09. The molecule has 4 nitrogen and oxygen atoms in total. The Bertz CT molecular complexity index is 741. The highest BCUT2D eigenvalue weighted by Crippen LogP contribution is 2.37. The summed E-state index contributed by atoms with van der Waals surface area (Å²) in [7, 11) is 0. The molecule has 0 aromatic heterocycles. The molecule has 4 N–H and O–H groups in total. The van der Waals surface area contributed by atoms with E-state index in [1.807, 2.05) is 0 Å². The van der Waals surface area contributed by atoms with Crippen molar-refractivity contribution >= 4 is 50.7 Å². The van der Waals surface area contributed by atoms with Crippen LogP contribution in [0, 0.1) is 5.82 Å². The van der Waals surface area contributed by atoms with Crippen LogP contribution in [-0.4, -0.2) is 5.91 Å². The van der Waals surface area contributed by atoms with Crippen molar-refractivity contribution in [1.82, 2.24) is 0 Å². The number of hydrogen-bond acceptors (Lipinski definition) is 3. The van der Waals surface area contributed by atoms with Crippen molar-refractivity contribution < 1.29 is 13.9 Å². The number of hydrogen-bond donors (Lipinski definition) is 2. The van der Waals surface area contributed by atoms with E-state index in [1.165, 1.54) is 12.1 Å². The number of carbonyl (C=O) groups is 1. The molecule has 8 heteroatoms. The van der Waals surface area contributed by atoms with Gasteiger partial charge in [0.1, 0.15) is 5.75 Å². The number of nitrogens with two attached hydrogens (primary N) is 2. The molecule has 0 bridgehead atoms. The molecular formula is C13H8BrCl2FN2O2. The molecule has 0 heterocycles. The Balaban J connectivity index is 2.47. The molecule has 0 saturated heterocycles. The van der Waals surface area contributed by atoms with E-state index < -0.39 is 11.7 Å². The normalized spacial score (nSPS) is 10.5. The zero-order valence-electron chi connectivity index (χ0n) is 10.3. The fourth-order valence-electron chi connectivity index (χ4n) is 1.56. The minimum absolute atomic E-state index is 0.0502. The predicted octanol–water partition coefficient (Wildman–Crippen LogP) is 4.37. The van der Waals surface area contributed by atoms with Crippen LogP contribution in [0.15, 0.2) is 28.7 Å². The highest BCUT2D eigenvalue weighted by molar-refractivity contribution is 9.10. The maximum Gasteiger partial charge on any atom is 0.250 e. The van der Waals surface area contributed by atoms with Gasteiger partial charge in [0.15, 0.2) is 11.6 Å². The van der Waals surface area contributed by atoms with Crippen molar-refractivity contribution in [2.75, 3.05) is 5.73 Å². The first kappa shape index (κ1) is 15.9. The molecule has 110 valence electrons. The maximum absolute atomic E-state index is 13.8. The summed E-state index contributed by atoms with van der Waals surface area (Å²) >= 11 is 15.1. The lowest BCUT2D eigenvalue weighted by Gasteiger charge is -2.11. The van der Waals surface area contributed by atoms with E-state index in [9.17, 15) is 9.18 Å². The summed E-state index contributed by atoms with van der Waals surface area (Å²) in [6.45, 7) is 0. The topological polar surface area (TPSA) is 78.3 Å². The van der Waals surface area contributed by atoms with Crippen LogP contribution in [0.4, 0.5) is 10.1 Å². The summed E-state index contributed by atoms with van der Waals surface area (Å²) in [6, 6.07) is 4.97. The molecular weight excluding hydrogens is 386 g/mol. The number of rotatable bonds is 3. The summed E-state index contributed by atoms with van der Waals surface area (Å²) in [6.07, 6.45) is 0. The van der Waals surface area contributed by atoms with Crippen LogP contribution in [0.25, 0.3) is 0 Å². The van der Waals surface area contributed by atoms with Gasteiger partial charge in [-0.2, -0.15) is 0 Å². The van der Waals surface area contributed by atoms with Crippen molar-refractivity contribution in [1.29, 1.82) is 0 Å². The molecule has 0 spiro atoms. The number of ether oxygens (including phenoxy) is 1. The highest BCUT2D eigenvalue weighted by atomic mass is 79.9. The van der Waals surface area contributed by atoms with E-state index in [4.69, 9.17) is 39.4 Å². The number of halogens is 4. The minimum Gasteiger partial charge on any atom is -0.453 e. The number of anilines is 1. The van der Waals surface area contributed by atoms with E-state index in [-0.39, 0.29) is 27.8 Å². The Hall–Kier alpha value is -1.50. The molecule has 21 heavy (non-hydrogen) atoms. The van der Waals surface area contributed by atoms with Crippen molar-refractivity contribution in [3.05, 3.63) is 50.2 Å². The monoisotopic (exact) mass is 392 g/mol. The summed E-state index contributed by atoms with van der Waals surface area (Å²) < 4.78 is 19.8. The summed E-state index contributed by atoms with van der Waals surface area (Å²) in [5.41, 5.74) is 10.5. The summed E-state index contributed by atoms with van der Waals surface area (Å²) in [4.78, 5) is 11.2. The van der Waals surface area contributed by atoms with Crippen LogP contribution in [0.1, 0.15) is 10.4 Å². The van der Waals surface area contributed by atoms with Crippen LogP contribution in [0.2, 0.25) is 10.0 Å². The van der Waals surface area contributed by atoms with E-state index >= 15 is 0 Å². The Morgan fingerprint density at radius 3 is 2.43 bits per heavy atom. The molecule has 0 aliphatic rings. The molecule has 2 aromatic rings. The first-order valence-electron chi connectivity index (χ1n) is 5.51. The van der Waals surface area contributed by atoms with Crippen LogP contribution in [0.3, 0.4) is 0 Å². The van der Waals surface area contributed by atoms with E-state index in [0.717, 1.165) is 12.1 Å². The largest absolute Gasteiger partial charge is 0.453 e. The standard InChI is InChI=1S/C13H8BrCl2FN2O2/c14-6-2-8(16)11(3-7(6)15)21-12-1-5(13(19)20)10(18)4-9(12)17/h1-4H,18H2,(H2,19,20). The lowest BCUT2D eigenvalue weighted by Crippen LogP contribution is -2.14. The fraction of sp³-hybridized carbons (Fsp3) is 0. The van der Waals surface area contributed by atoms with Crippen LogP contribution in [0.5, 0.6) is 11.5 Å². The number of carbonyl (C=O) groups excluding carboxylic acids is 1. The molecule has 2 aromatic carbocycles. The fourth-order valence-corrected chi connectivity index (χ4v) is 2.39. The van der Waals surface area contributed by atoms with Crippen molar-refractivity contribution in [2.45, 2.75) is 0 Å². The van der Waals surface area contributed by atoms with Crippen molar-refractivity contribution in [3.63, 3.8) is 0 Å². The Morgan fingerprint density at radius 2 is 1.81 bits per heavy atom. The smallest absolute Gasteiger partial charge is 0.250 e. The minimum atomic E-state index is -0.794. The van der Waals surface area contributed by atoms with Gasteiger partial charge in [-0.1, -0.05) is 23.2 Å².